The van der Waals surface area contributed by atoms with Crippen LogP contribution in [0.3, 0.4) is 0 Å². The Morgan fingerprint density at radius 2 is 2.13 bits per heavy atom. The van der Waals surface area contributed by atoms with Gasteiger partial charge in [-0.3, -0.25) is 9.89 Å². The van der Waals surface area contributed by atoms with Crippen molar-refractivity contribution in [2.45, 2.75) is 32.2 Å². The highest BCUT2D eigenvalue weighted by Gasteiger charge is 2.20. The van der Waals surface area contributed by atoms with Crippen LogP contribution in [0.2, 0.25) is 0 Å². The summed E-state index contributed by atoms with van der Waals surface area (Å²) in [5.74, 6) is 0.702. The molecule has 3 heterocycles. The van der Waals surface area contributed by atoms with Crippen molar-refractivity contribution in [3.63, 3.8) is 0 Å². The minimum absolute atomic E-state index is 0.696. The molecule has 1 unspecified atom stereocenters. The standard InChI is InChI=1S/C16H28N6S/c1-14-4-2-3-7-20(14)8-5-18-15(17)21-9-11-22(12-10-21)16-19-6-13-23-16/h6,13-14H,2-5,7-12H2,1H3,(H2,17,18). The molecule has 6 nitrogen and oxygen atoms in total. The van der Waals surface area contributed by atoms with Crippen LogP contribution < -0.4 is 10.6 Å². The summed E-state index contributed by atoms with van der Waals surface area (Å²) in [6.45, 7) is 9.15. The number of piperidine rings is 1. The molecule has 1 atom stereocenters. The van der Waals surface area contributed by atoms with E-state index >= 15 is 0 Å². The molecule has 0 saturated carbocycles. The molecule has 2 aliphatic heterocycles. The van der Waals surface area contributed by atoms with Gasteiger partial charge >= 0.3 is 0 Å². The summed E-state index contributed by atoms with van der Waals surface area (Å²) < 4.78 is 0. The van der Waals surface area contributed by atoms with E-state index in [2.05, 4.69) is 31.6 Å². The van der Waals surface area contributed by atoms with Gasteiger partial charge in [0.2, 0.25) is 0 Å². The monoisotopic (exact) mass is 336 g/mol. The lowest BCUT2D eigenvalue weighted by Crippen LogP contribution is -2.51. The van der Waals surface area contributed by atoms with E-state index in [4.69, 9.17) is 5.73 Å². The largest absolute Gasteiger partial charge is 0.370 e. The molecule has 0 aromatic carbocycles. The van der Waals surface area contributed by atoms with Crippen LogP contribution >= 0.6 is 11.3 Å². The van der Waals surface area contributed by atoms with E-state index in [1.165, 1.54) is 25.8 Å². The molecule has 0 aliphatic carbocycles. The number of guanidine groups is 1. The number of aromatic nitrogens is 1. The molecule has 3 rings (SSSR count). The summed E-state index contributed by atoms with van der Waals surface area (Å²) in [5.41, 5.74) is 6.19. The van der Waals surface area contributed by atoms with Crippen molar-refractivity contribution in [1.82, 2.24) is 14.8 Å². The number of likely N-dealkylation sites (tertiary alicyclic amines) is 1. The fourth-order valence-corrected chi connectivity index (χ4v) is 4.08. The summed E-state index contributed by atoms with van der Waals surface area (Å²) in [7, 11) is 0. The van der Waals surface area contributed by atoms with Crippen LogP contribution in [0.25, 0.3) is 0 Å². The second kappa shape index (κ2) is 7.97. The van der Waals surface area contributed by atoms with Crippen LogP contribution in [-0.2, 0) is 0 Å². The number of nitrogens with zero attached hydrogens (tertiary/aromatic N) is 5. The van der Waals surface area contributed by atoms with Gasteiger partial charge in [-0.25, -0.2) is 4.98 Å². The second-order valence-corrected chi connectivity index (χ2v) is 7.28. The molecule has 2 aliphatic rings. The zero-order valence-corrected chi connectivity index (χ0v) is 14.8. The number of thiazole rings is 1. The van der Waals surface area contributed by atoms with E-state index in [-0.39, 0.29) is 0 Å². The van der Waals surface area contributed by atoms with Crippen LogP contribution in [-0.4, -0.2) is 72.6 Å². The molecule has 1 aromatic rings. The van der Waals surface area contributed by atoms with Crippen molar-refractivity contribution in [3.05, 3.63) is 11.6 Å². The van der Waals surface area contributed by atoms with Crippen LogP contribution in [0.5, 0.6) is 0 Å². The maximum Gasteiger partial charge on any atom is 0.191 e. The topological polar surface area (TPSA) is 61.0 Å². The molecular weight excluding hydrogens is 308 g/mol. The molecule has 0 amide bonds. The lowest BCUT2D eigenvalue weighted by atomic mass is 10.0. The highest BCUT2D eigenvalue weighted by Crippen LogP contribution is 2.19. The van der Waals surface area contributed by atoms with Gasteiger partial charge in [0, 0.05) is 50.3 Å². The van der Waals surface area contributed by atoms with E-state index in [0.717, 1.165) is 44.4 Å². The third-order valence-electron chi connectivity index (χ3n) is 4.90. The Morgan fingerprint density at radius 1 is 1.30 bits per heavy atom. The normalized spacial score (nSPS) is 24.2. The maximum atomic E-state index is 6.19. The third-order valence-corrected chi connectivity index (χ3v) is 5.73. The lowest BCUT2D eigenvalue weighted by Gasteiger charge is -2.35. The summed E-state index contributed by atoms with van der Waals surface area (Å²) in [4.78, 5) is 16.1. The number of piperazine rings is 1. The van der Waals surface area contributed by atoms with Gasteiger partial charge in [-0.2, -0.15) is 0 Å². The van der Waals surface area contributed by atoms with Crippen molar-refractivity contribution in [2.75, 3.05) is 50.7 Å². The molecule has 2 fully saturated rings. The Labute approximate surface area is 143 Å². The van der Waals surface area contributed by atoms with E-state index in [1.54, 1.807) is 11.3 Å². The van der Waals surface area contributed by atoms with Crippen molar-refractivity contribution in [1.29, 1.82) is 0 Å². The van der Waals surface area contributed by atoms with Crippen LogP contribution in [0, 0.1) is 0 Å². The van der Waals surface area contributed by atoms with Crippen LogP contribution in [0.15, 0.2) is 16.6 Å². The van der Waals surface area contributed by atoms with E-state index in [1.807, 2.05) is 11.6 Å². The summed E-state index contributed by atoms with van der Waals surface area (Å²) in [6, 6.07) is 0.696. The minimum Gasteiger partial charge on any atom is -0.370 e. The van der Waals surface area contributed by atoms with E-state index < -0.39 is 0 Å². The van der Waals surface area contributed by atoms with E-state index in [0.29, 0.717) is 12.0 Å². The number of aliphatic imine (C=N–C) groups is 1. The zero-order valence-electron chi connectivity index (χ0n) is 14.0. The first-order chi connectivity index (χ1) is 11.2. The van der Waals surface area contributed by atoms with Gasteiger partial charge in [-0.05, 0) is 26.3 Å². The van der Waals surface area contributed by atoms with Crippen molar-refractivity contribution >= 4 is 22.4 Å². The molecule has 2 saturated heterocycles. The Bertz CT molecular complexity index is 495. The molecule has 1 aromatic heterocycles. The zero-order chi connectivity index (χ0) is 16.1. The first kappa shape index (κ1) is 16.5. The van der Waals surface area contributed by atoms with E-state index in [9.17, 15) is 0 Å². The number of hydrogen-bond acceptors (Lipinski definition) is 5. The van der Waals surface area contributed by atoms with Crippen molar-refractivity contribution < 1.29 is 0 Å². The van der Waals surface area contributed by atoms with Gasteiger partial charge in [0.1, 0.15) is 0 Å². The number of hydrogen-bond donors (Lipinski definition) is 1. The molecule has 23 heavy (non-hydrogen) atoms. The molecule has 0 spiro atoms. The SMILES string of the molecule is CC1CCCCN1CCN=C(N)N1CCN(c2nccs2)CC1. The summed E-state index contributed by atoms with van der Waals surface area (Å²) in [5, 5.41) is 3.14. The molecule has 2 N–H and O–H groups in total. The number of anilines is 1. The predicted octanol–water partition coefficient (Wildman–Crippen LogP) is 1.45. The molecule has 128 valence electrons. The fraction of sp³-hybridized carbons (Fsp3) is 0.750. The highest BCUT2D eigenvalue weighted by molar-refractivity contribution is 7.13. The van der Waals surface area contributed by atoms with Gasteiger partial charge in [0.25, 0.3) is 0 Å². The number of rotatable bonds is 4. The second-order valence-electron chi connectivity index (χ2n) is 6.41. The average Bonchev–Trinajstić information content (AvgIpc) is 3.11. The van der Waals surface area contributed by atoms with Crippen molar-refractivity contribution in [2.24, 2.45) is 10.7 Å². The van der Waals surface area contributed by atoms with Gasteiger partial charge in [-0.15, -0.1) is 11.3 Å². The first-order valence-electron chi connectivity index (χ1n) is 8.67. The Morgan fingerprint density at radius 3 is 2.83 bits per heavy atom. The Hall–Kier alpha value is -1.34. The van der Waals surface area contributed by atoms with Crippen LogP contribution in [0.1, 0.15) is 26.2 Å². The van der Waals surface area contributed by atoms with Gasteiger partial charge in [0.05, 0.1) is 6.54 Å². The predicted molar refractivity (Wildman–Crippen MR) is 97.3 cm³/mol. The van der Waals surface area contributed by atoms with Gasteiger partial charge in [-0.1, -0.05) is 6.42 Å². The van der Waals surface area contributed by atoms with Crippen LogP contribution in [0.4, 0.5) is 5.13 Å². The Kier molecular flexibility index (Phi) is 5.72. The Balaban J connectivity index is 1.42. The van der Waals surface area contributed by atoms with Gasteiger partial charge in [0.15, 0.2) is 11.1 Å². The maximum absolute atomic E-state index is 6.19. The molecule has 0 radical (unpaired) electrons. The summed E-state index contributed by atoms with van der Waals surface area (Å²) >= 11 is 1.70. The minimum atomic E-state index is 0.696. The average molecular weight is 337 g/mol. The smallest absolute Gasteiger partial charge is 0.191 e. The number of nitrogens with two attached hydrogens (primary N) is 1. The summed E-state index contributed by atoms with van der Waals surface area (Å²) in [6.07, 6.45) is 5.87. The van der Waals surface area contributed by atoms with Gasteiger partial charge < -0.3 is 15.5 Å². The quantitative estimate of drug-likeness (QED) is 0.666. The molecular formula is C16H28N6S. The lowest BCUT2D eigenvalue weighted by molar-refractivity contribution is 0.165. The first-order valence-corrected chi connectivity index (χ1v) is 9.55. The molecule has 7 heteroatoms. The highest BCUT2D eigenvalue weighted by atomic mass is 32.1. The molecule has 0 bridgehead atoms. The van der Waals surface area contributed by atoms with Crippen molar-refractivity contribution in [3.8, 4) is 0 Å². The third kappa shape index (κ3) is 4.35. The fourth-order valence-electron chi connectivity index (χ4n) is 3.38.